The van der Waals surface area contributed by atoms with Crippen molar-refractivity contribution in [1.82, 2.24) is 20.4 Å². The van der Waals surface area contributed by atoms with E-state index in [1.807, 2.05) is 0 Å². The Kier molecular flexibility index (Phi) is 7.71. The summed E-state index contributed by atoms with van der Waals surface area (Å²) in [5.41, 5.74) is 0.144. The molecule has 11 nitrogen and oxygen atoms in total. The Balaban J connectivity index is 1.44. The van der Waals surface area contributed by atoms with Crippen LogP contribution >= 0.6 is 11.8 Å². The van der Waals surface area contributed by atoms with Crippen LogP contribution in [0.5, 0.6) is 17.2 Å². The number of carbonyl (C=O) groups is 2. The standard InChI is InChI=1S/C19H26N6O5S/c1-24-6-8-25(9-7-24)5-4-20-15(27)10-14-18(30)22-19(31-14)23-21-11-12-2-3-13(26)17(29)16(12)28/h2-3,11,14,26,28-29H,4-10H2,1H3,(H,20,27)(H,22,23,30)/b21-11+. The molecule has 5 N–H and O–H groups in total. The van der Waals surface area contributed by atoms with E-state index in [-0.39, 0.29) is 29.0 Å². The Labute approximate surface area is 183 Å². The zero-order valence-electron chi connectivity index (χ0n) is 17.1. The molecule has 12 heteroatoms. The van der Waals surface area contributed by atoms with Gasteiger partial charge in [0.25, 0.3) is 0 Å². The van der Waals surface area contributed by atoms with Gasteiger partial charge < -0.3 is 30.9 Å². The first-order valence-corrected chi connectivity index (χ1v) is 10.7. The van der Waals surface area contributed by atoms with Crippen molar-refractivity contribution in [3.63, 3.8) is 0 Å². The number of rotatable bonds is 7. The van der Waals surface area contributed by atoms with E-state index >= 15 is 0 Å². The van der Waals surface area contributed by atoms with Crippen LogP contribution in [0.2, 0.25) is 0 Å². The van der Waals surface area contributed by atoms with E-state index < -0.39 is 22.5 Å². The SMILES string of the molecule is CN1CCN(CCNC(=O)CC2S/C(=N/N=C/c3ccc(O)c(O)c3O)NC2=O)CC1. The fraction of sp³-hybridized carbons (Fsp3) is 0.474. The normalized spacial score (nSPS) is 21.6. The maximum atomic E-state index is 12.2. The van der Waals surface area contributed by atoms with Crippen molar-refractivity contribution in [3.8, 4) is 17.2 Å². The molecule has 2 saturated heterocycles. The number of carbonyl (C=O) groups excluding carboxylic acids is 2. The first kappa shape index (κ1) is 22.8. The van der Waals surface area contributed by atoms with Crippen LogP contribution in [0.3, 0.4) is 0 Å². The molecule has 2 aliphatic rings. The highest BCUT2D eigenvalue weighted by Gasteiger charge is 2.32. The molecule has 0 bridgehead atoms. The minimum Gasteiger partial charge on any atom is -0.504 e. The second kappa shape index (κ2) is 10.5. The lowest BCUT2D eigenvalue weighted by Gasteiger charge is -2.32. The number of hydrogen-bond donors (Lipinski definition) is 5. The molecule has 2 aliphatic heterocycles. The second-order valence-electron chi connectivity index (χ2n) is 7.32. The Morgan fingerprint density at radius 2 is 2.00 bits per heavy atom. The number of hydrogen-bond acceptors (Lipinski definition) is 10. The maximum Gasteiger partial charge on any atom is 0.240 e. The first-order valence-electron chi connectivity index (χ1n) is 9.83. The molecular formula is C19H26N6O5S. The highest BCUT2D eigenvalue weighted by atomic mass is 32.2. The smallest absolute Gasteiger partial charge is 0.240 e. The molecule has 168 valence electrons. The summed E-state index contributed by atoms with van der Waals surface area (Å²) in [6.07, 6.45) is 1.21. The van der Waals surface area contributed by atoms with E-state index in [9.17, 15) is 24.9 Å². The summed E-state index contributed by atoms with van der Waals surface area (Å²) in [5, 5.41) is 41.3. The van der Waals surface area contributed by atoms with Gasteiger partial charge in [-0.3, -0.25) is 14.5 Å². The minimum atomic E-state index is -0.654. The van der Waals surface area contributed by atoms with Crippen molar-refractivity contribution in [2.24, 2.45) is 10.2 Å². The number of aromatic hydroxyl groups is 3. The molecule has 1 unspecified atom stereocenters. The molecule has 0 aliphatic carbocycles. The fourth-order valence-electron chi connectivity index (χ4n) is 3.08. The summed E-state index contributed by atoms with van der Waals surface area (Å²) in [4.78, 5) is 28.8. The van der Waals surface area contributed by atoms with Crippen molar-refractivity contribution < 1.29 is 24.9 Å². The van der Waals surface area contributed by atoms with Crippen molar-refractivity contribution in [3.05, 3.63) is 17.7 Å². The molecule has 1 aromatic rings. The monoisotopic (exact) mass is 450 g/mol. The minimum absolute atomic E-state index is 0.0363. The van der Waals surface area contributed by atoms with Crippen molar-refractivity contribution in [2.45, 2.75) is 11.7 Å². The van der Waals surface area contributed by atoms with Gasteiger partial charge in [0.05, 0.1) is 6.21 Å². The number of likely N-dealkylation sites (N-methyl/N-ethyl adjacent to an activating group) is 1. The number of benzene rings is 1. The highest BCUT2D eigenvalue weighted by molar-refractivity contribution is 8.15. The number of nitrogens with one attached hydrogen (secondary N) is 2. The average molecular weight is 451 g/mol. The van der Waals surface area contributed by atoms with Gasteiger partial charge in [-0.05, 0) is 19.2 Å². The molecule has 1 aromatic carbocycles. The number of amides is 2. The first-order chi connectivity index (χ1) is 14.8. The quantitative estimate of drug-likeness (QED) is 0.212. The van der Waals surface area contributed by atoms with Crippen LogP contribution in [0.25, 0.3) is 0 Å². The molecule has 0 saturated carbocycles. The number of amidine groups is 1. The largest absolute Gasteiger partial charge is 0.504 e. The molecule has 0 aromatic heterocycles. The zero-order valence-corrected chi connectivity index (χ0v) is 17.9. The number of phenols is 3. The van der Waals surface area contributed by atoms with Crippen LogP contribution in [0, 0.1) is 0 Å². The van der Waals surface area contributed by atoms with Crippen LogP contribution < -0.4 is 10.6 Å². The number of piperazine rings is 1. The van der Waals surface area contributed by atoms with Crippen molar-refractivity contribution in [1.29, 1.82) is 0 Å². The third-order valence-corrected chi connectivity index (χ3v) is 6.07. The van der Waals surface area contributed by atoms with Crippen LogP contribution in [0.1, 0.15) is 12.0 Å². The van der Waals surface area contributed by atoms with Crippen LogP contribution in [-0.2, 0) is 9.59 Å². The van der Waals surface area contributed by atoms with Gasteiger partial charge in [0.2, 0.25) is 17.6 Å². The predicted octanol–water partition coefficient (Wildman–Crippen LogP) is -0.521. The summed E-state index contributed by atoms with van der Waals surface area (Å²) in [6, 6.07) is 2.55. The summed E-state index contributed by atoms with van der Waals surface area (Å²) >= 11 is 1.10. The van der Waals surface area contributed by atoms with Gasteiger partial charge in [0, 0.05) is 51.3 Å². The maximum absolute atomic E-state index is 12.2. The molecule has 0 radical (unpaired) electrons. The lowest BCUT2D eigenvalue weighted by atomic mass is 10.2. The molecule has 3 rings (SSSR count). The summed E-state index contributed by atoms with van der Waals surface area (Å²) in [6.45, 7) is 5.32. The summed E-state index contributed by atoms with van der Waals surface area (Å²) < 4.78 is 0. The van der Waals surface area contributed by atoms with Crippen LogP contribution in [0.15, 0.2) is 22.3 Å². The van der Waals surface area contributed by atoms with E-state index in [1.165, 1.54) is 18.3 Å². The fourth-order valence-corrected chi connectivity index (χ4v) is 4.01. The molecule has 31 heavy (non-hydrogen) atoms. The summed E-state index contributed by atoms with van der Waals surface area (Å²) in [7, 11) is 2.09. The van der Waals surface area contributed by atoms with Crippen molar-refractivity contribution >= 4 is 35.0 Å². The Morgan fingerprint density at radius 3 is 2.74 bits per heavy atom. The highest BCUT2D eigenvalue weighted by Crippen LogP contribution is 2.36. The lowest BCUT2D eigenvalue weighted by Crippen LogP contribution is -2.47. The Morgan fingerprint density at radius 1 is 1.26 bits per heavy atom. The molecule has 2 fully saturated rings. The van der Waals surface area contributed by atoms with Gasteiger partial charge in [-0.15, -0.1) is 5.10 Å². The molecule has 0 spiro atoms. The van der Waals surface area contributed by atoms with E-state index in [4.69, 9.17) is 0 Å². The van der Waals surface area contributed by atoms with E-state index in [0.29, 0.717) is 6.54 Å². The Bertz CT molecular complexity index is 885. The van der Waals surface area contributed by atoms with E-state index in [2.05, 4.69) is 37.7 Å². The van der Waals surface area contributed by atoms with Gasteiger partial charge in [-0.25, -0.2) is 0 Å². The molecule has 2 amide bonds. The number of thioether (sulfide) groups is 1. The number of nitrogens with zero attached hydrogens (tertiary/aromatic N) is 4. The van der Waals surface area contributed by atoms with Gasteiger partial charge in [0.15, 0.2) is 16.7 Å². The van der Waals surface area contributed by atoms with Gasteiger partial charge in [-0.2, -0.15) is 5.10 Å². The van der Waals surface area contributed by atoms with Gasteiger partial charge in [-0.1, -0.05) is 11.8 Å². The number of phenolic OH excluding ortho intramolecular Hbond substituents is 3. The third-order valence-electron chi connectivity index (χ3n) is 5.00. The van der Waals surface area contributed by atoms with E-state index in [0.717, 1.165) is 44.5 Å². The average Bonchev–Trinajstić information content (AvgIpc) is 3.08. The topological polar surface area (TPSA) is 150 Å². The third kappa shape index (κ3) is 6.32. The second-order valence-corrected chi connectivity index (χ2v) is 8.51. The summed E-state index contributed by atoms with van der Waals surface area (Å²) in [5.74, 6) is -2.16. The van der Waals surface area contributed by atoms with E-state index in [1.54, 1.807) is 0 Å². The zero-order chi connectivity index (χ0) is 22.4. The molecular weight excluding hydrogens is 424 g/mol. The van der Waals surface area contributed by atoms with Crippen LogP contribution in [0.4, 0.5) is 0 Å². The van der Waals surface area contributed by atoms with Gasteiger partial charge >= 0.3 is 0 Å². The van der Waals surface area contributed by atoms with Gasteiger partial charge in [0.1, 0.15) is 5.25 Å². The van der Waals surface area contributed by atoms with Crippen molar-refractivity contribution in [2.75, 3.05) is 46.3 Å². The predicted molar refractivity (Wildman–Crippen MR) is 118 cm³/mol. The Hall–Kier alpha value is -2.83. The molecule has 2 heterocycles. The van der Waals surface area contributed by atoms with Crippen LogP contribution in [-0.4, -0.2) is 99.9 Å². The lowest BCUT2D eigenvalue weighted by molar-refractivity contribution is -0.125. The molecule has 1 atom stereocenters.